The highest BCUT2D eigenvalue weighted by atomic mass is 32.2. The summed E-state index contributed by atoms with van der Waals surface area (Å²) < 4.78 is 27.6. The van der Waals surface area contributed by atoms with Gasteiger partial charge in [-0.15, -0.1) is 0 Å². The Hall–Kier alpha value is -2.70. The third-order valence-corrected chi connectivity index (χ3v) is 7.20. The fraction of sp³-hybridized carbons (Fsp3) is 0.261. The van der Waals surface area contributed by atoms with Crippen molar-refractivity contribution in [1.29, 1.82) is 0 Å². The molecule has 1 aliphatic heterocycles. The first-order valence-electron chi connectivity index (χ1n) is 9.94. The van der Waals surface area contributed by atoms with E-state index in [-0.39, 0.29) is 10.8 Å². The summed E-state index contributed by atoms with van der Waals surface area (Å²) >= 11 is 0. The zero-order valence-corrected chi connectivity index (χ0v) is 17.0. The molecule has 0 radical (unpaired) electrons. The van der Waals surface area contributed by atoms with Crippen LogP contribution in [-0.2, 0) is 10.0 Å². The highest BCUT2D eigenvalue weighted by molar-refractivity contribution is 7.89. The summed E-state index contributed by atoms with van der Waals surface area (Å²) in [5.74, 6) is -0.326. The first-order chi connectivity index (χ1) is 14.0. The summed E-state index contributed by atoms with van der Waals surface area (Å²) in [6.45, 7) is 1.08. The standard InChI is InChI=1S/C23H24N2O3S/c26-23(24-21-13-12-18-8-3-4-9-19(18)16-21)20-10-7-11-22(17-20)29(27,28)25-14-5-1-2-6-15-25/h3-4,7-13,16-17H,1-2,5-6,14-15H2,(H,24,26). The molecule has 0 spiro atoms. The van der Waals surface area contributed by atoms with Gasteiger partial charge in [0.2, 0.25) is 10.0 Å². The molecule has 0 unspecified atom stereocenters. The van der Waals surface area contributed by atoms with Crippen molar-refractivity contribution < 1.29 is 13.2 Å². The molecule has 6 heteroatoms. The van der Waals surface area contributed by atoms with E-state index in [1.165, 1.54) is 6.07 Å². The Kier molecular flexibility index (Phi) is 5.65. The van der Waals surface area contributed by atoms with E-state index in [9.17, 15) is 13.2 Å². The van der Waals surface area contributed by atoms with E-state index in [4.69, 9.17) is 0 Å². The normalized spacial score (nSPS) is 15.7. The average molecular weight is 409 g/mol. The number of hydrogen-bond donors (Lipinski definition) is 1. The Labute approximate surface area is 171 Å². The van der Waals surface area contributed by atoms with Gasteiger partial charge in [0.25, 0.3) is 5.91 Å². The number of nitrogens with one attached hydrogen (secondary N) is 1. The van der Waals surface area contributed by atoms with Crippen LogP contribution in [0.2, 0.25) is 0 Å². The maximum absolute atomic E-state index is 13.0. The van der Waals surface area contributed by atoms with Crippen molar-refractivity contribution in [3.63, 3.8) is 0 Å². The molecule has 0 atom stereocenters. The molecule has 4 rings (SSSR count). The Morgan fingerprint density at radius 2 is 1.52 bits per heavy atom. The molecule has 1 heterocycles. The van der Waals surface area contributed by atoms with E-state index in [0.717, 1.165) is 36.5 Å². The van der Waals surface area contributed by atoms with Crippen LogP contribution in [0.1, 0.15) is 36.0 Å². The number of anilines is 1. The van der Waals surface area contributed by atoms with Gasteiger partial charge in [-0.3, -0.25) is 4.79 Å². The summed E-state index contributed by atoms with van der Waals surface area (Å²) in [4.78, 5) is 12.9. The van der Waals surface area contributed by atoms with E-state index >= 15 is 0 Å². The lowest BCUT2D eigenvalue weighted by atomic mass is 10.1. The summed E-state index contributed by atoms with van der Waals surface area (Å²) in [6.07, 6.45) is 3.86. The quantitative estimate of drug-likeness (QED) is 0.683. The third kappa shape index (κ3) is 4.33. The van der Waals surface area contributed by atoms with Gasteiger partial charge in [0, 0.05) is 24.3 Å². The molecule has 0 bridgehead atoms. The molecular weight excluding hydrogens is 384 g/mol. The molecule has 1 amide bonds. The number of benzene rings is 3. The number of rotatable bonds is 4. The van der Waals surface area contributed by atoms with Crippen LogP contribution in [0.5, 0.6) is 0 Å². The van der Waals surface area contributed by atoms with E-state index < -0.39 is 10.0 Å². The van der Waals surface area contributed by atoms with Crippen LogP contribution in [0.25, 0.3) is 10.8 Å². The van der Waals surface area contributed by atoms with Gasteiger partial charge in [-0.2, -0.15) is 4.31 Å². The number of carbonyl (C=O) groups excluding carboxylic acids is 1. The van der Waals surface area contributed by atoms with Crippen LogP contribution >= 0.6 is 0 Å². The molecule has 1 N–H and O–H groups in total. The third-order valence-electron chi connectivity index (χ3n) is 5.31. The molecule has 3 aromatic carbocycles. The molecule has 1 saturated heterocycles. The summed E-state index contributed by atoms with van der Waals surface area (Å²) in [5.41, 5.74) is 1.00. The van der Waals surface area contributed by atoms with E-state index in [1.54, 1.807) is 22.5 Å². The second-order valence-corrected chi connectivity index (χ2v) is 9.30. The van der Waals surface area contributed by atoms with Crippen molar-refractivity contribution in [3.05, 3.63) is 72.3 Å². The summed E-state index contributed by atoms with van der Waals surface area (Å²) in [5, 5.41) is 5.00. The van der Waals surface area contributed by atoms with Crippen molar-refractivity contribution in [2.24, 2.45) is 0 Å². The van der Waals surface area contributed by atoms with Crippen molar-refractivity contribution in [3.8, 4) is 0 Å². The van der Waals surface area contributed by atoms with E-state index in [1.807, 2.05) is 42.5 Å². The predicted octanol–water partition coefficient (Wildman–Crippen LogP) is 4.66. The fourth-order valence-electron chi connectivity index (χ4n) is 3.70. The van der Waals surface area contributed by atoms with Gasteiger partial charge in [0.15, 0.2) is 0 Å². The van der Waals surface area contributed by atoms with Crippen molar-refractivity contribution in [1.82, 2.24) is 4.31 Å². The second kappa shape index (κ2) is 8.35. The number of nitrogens with zero attached hydrogens (tertiary/aromatic N) is 1. The monoisotopic (exact) mass is 408 g/mol. The van der Waals surface area contributed by atoms with Crippen LogP contribution in [-0.4, -0.2) is 31.7 Å². The Bertz CT molecular complexity index is 1130. The number of hydrogen-bond acceptors (Lipinski definition) is 3. The van der Waals surface area contributed by atoms with Gasteiger partial charge >= 0.3 is 0 Å². The molecule has 1 fully saturated rings. The van der Waals surface area contributed by atoms with E-state index in [2.05, 4.69) is 5.32 Å². The minimum Gasteiger partial charge on any atom is -0.322 e. The lowest BCUT2D eigenvalue weighted by molar-refractivity contribution is 0.102. The summed E-state index contributed by atoms with van der Waals surface area (Å²) in [7, 11) is -3.59. The largest absolute Gasteiger partial charge is 0.322 e. The molecule has 0 aliphatic carbocycles. The van der Waals surface area contributed by atoms with Crippen molar-refractivity contribution >= 4 is 32.4 Å². The number of amides is 1. The van der Waals surface area contributed by atoms with Crippen LogP contribution in [0.15, 0.2) is 71.6 Å². The second-order valence-electron chi connectivity index (χ2n) is 7.36. The smallest absolute Gasteiger partial charge is 0.255 e. The molecule has 5 nitrogen and oxygen atoms in total. The minimum absolute atomic E-state index is 0.172. The molecule has 29 heavy (non-hydrogen) atoms. The minimum atomic E-state index is -3.59. The Morgan fingerprint density at radius 3 is 2.28 bits per heavy atom. The zero-order valence-electron chi connectivity index (χ0n) is 16.2. The van der Waals surface area contributed by atoms with Crippen LogP contribution < -0.4 is 5.32 Å². The topological polar surface area (TPSA) is 66.5 Å². The molecular formula is C23H24N2O3S. The first-order valence-corrected chi connectivity index (χ1v) is 11.4. The average Bonchev–Trinajstić information content (AvgIpc) is 3.04. The lowest BCUT2D eigenvalue weighted by Gasteiger charge is -2.20. The van der Waals surface area contributed by atoms with E-state index in [0.29, 0.717) is 24.3 Å². The SMILES string of the molecule is O=C(Nc1ccc2ccccc2c1)c1cccc(S(=O)(=O)N2CCCCCC2)c1. The van der Waals surface area contributed by atoms with Gasteiger partial charge in [0.05, 0.1) is 4.90 Å². The van der Waals surface area contributed by atoms with Gasteiger partial charge in [-0.05, 0) is 53.9 Å². The highest BCUT2D eigenvalue weighted by Gasteiger charge is 2.25. The molecule has 0 aromatic heterocycles. The van der Waals surface area contributed by atoms with Crippen LogP contribution in [0.4, 0.5) is 5.69 Å². The van der Waals surface area contributed by atoms with Gasteiger partial charge in [-0.25, -0.2) is 8.42 Å². The van der Waals surface area contributed by atoms with Gasteiger partial charge in [0.1, 0.15) is 0 Å². The van der Waals surface area contributed by atoms with Crippen molar-refractivity contribution in [2.45, 2.75) is 30.6 Å². The zero-order chi connectivity index (χ0) is 20.3. The first kappa shape index (κ1) is 19.6. The van der Waals surface area contributed by atoms with Crippen molar-refractivity contribution in [2.75, 3.05) is 18.4 Å². The number of sulfonamides is 1. The number of carbonyl (C=O) groups is 1. The van der Waals surface area contributed by atoms with Gasteiger partial charge in [-0.1, -0.05) is 49.2 Å². The molecule has 0 saturated carbocycles. The predicted molar refractivity (Wildman–Crippen MR) is 116 cm³/mol. The Morgan fingerprint density at radius 1 is 0.793 bits per heavy atom. The Balaban J connectivity index is 1.56. The highest BCUT2D eigenvalue weighted by Crippen LogP contribution is 2.23. The molecule has 150 valence electrons. The maximum atomic E-state index is 13.0. The van der Waals surface area contributed by atoms with Crippen LogP contribution in [0.3, 0.4) is 0 Å². The van der Waals surface area contributed by atoms with Gasteiger partial charge < -0.3 is 5.32 Å². The van der Waals surface area contributed by atoms with Crippen LogP contribution in [0, 0.1) is 0 Å². The fourth-order valence-corrected chi connectivity index (χ4v) is 5.26. The summed E-state index contributed by atoms with van der Waals surface area (Å²) in [6, 6.07) is 19.9. The maximum Gasteiger partial charge on any atom is 0.255 e. The molecule has 3 aromatic rings. The molecule has 1 aliphatic rings. The number of fused-ring (bicyclic) bond motifs is 1. The lowest BCUT2D eigenvalue weighted by Crippen LogP contribution is -2.32.